The molecule has 1 rings (SSSR count). The van der Waals surface area contributed by atoms with Crippen LogP contribution in [-0.4, -0.2) is 24.5 Å². The summed E-state index contributed by atoms with van der Waals surface area (Å²) in [6.45, 7) is 10.2. The van der Waals surface area contributed by atoms with Gasteiger partial charge in [0.1, 0.15) is 0 Å². The van der Waals surface area contributed by atoms with E-state index >= 15 is 0 Å². The lowest BCUT2D eigenvalue weighted by atomic mass is 9.82. The van der Waals surface area contributed by atoms with Gasteiger partial charge in [0.15, 0.2) is 0 Å². The first-order valence-electron chi connectivity index (χ1n) is 5.99. The van der Waals surface area contributed by atoms with E-state index in [0.29, 0.717) is 0 Å². The molecule has 0 spiro atoms. The quantitative estimate of drug-likeness (QED) is 0.744. The highest BCUT2D eigenvalue weighted by Crippen LogP contribution is 2.30. The van der Waals surface area contributed by atoms with Gasteiger partial charge in [-0.3, -0.25) is 4.79 Å². The van der Waals surface area contributed by atoms with Crippen molar-refractivity contribution in [3.63, 3.8) is 0 Å². The Bertz CT molecular complexity index is 230. The van der Waals surface area contributed by atoms with E-state index in [0.717, 1.165) is 32.4 Å². The molecule has 0 aromatic heterocycles. The van der Waals surface area contributed by atoms with Crippen molar-refractivity contribution in [2.24, 2.45) is 5.41 Å². The standard InChI is InChI=1S/C12H24N2O/c1-5-11(3,4)14-10(15)12(6-2)7-8-13-9-12/h13H,5-9H2,1-4H3,(H,14,15). The van der Waals surface area contributed by atoms with Crippen LogP contribution in [0.25, 0.3) is 0 Å². The monoisotopic (exact) mass is 212 g/mol. The summed E-state index contributed by atoms with van der Waals surface area (Å²) in [5.41, 5.74) is -0.242. The average Bonchev–Trinajstić information content (AvgIpc) is 2.66. The normalized spacial score (nSPS) is 26.7. The third-order valence-corrected chi connectivity index (χ3v) is 3.74. The van der Waals surface area contributed by atoms with Crippen molar-refractivity contribution >= 4 is 5.91 Å². The number of nitrogens with one attached hydrogen (secondary N) is 2. The van der Waals surface area contributed by atoms with E-state index in [1.54, 1.807) is 0 Å². The molecule has 1 aliphatic rings. The highest BCUT2D eigenvalue weighted by atomic mass is 16.2. The predicted molar refractivity (Wildman–Crippen MR) is 62.7 cm³/mol. The molecule has 3 heteroatoms. The van der Waals surface area contributed by atoms with E-state index in [1.807, 2.05) is 0 Å². The zero-order valence-electron chi connectivity index (χ0n) is 10.4. The molecule has 2 N–H and O–H groups in total. The summed E-state index contributed by atoms with van der Waals surface area (Å²) in [6, 6.07) is 0. The Balaban J connectivity index is 2.66. The SMILES string of the molecule is CCC(C)(C)NC(=O)C1(CC)CCNC1. The molecule has 1 amide bonds. The number of amides is 1. The molecule has 0 bridgehead atoms. The van der Waals surface area contributed by atoms with Crippen molar-refractivity contribution in [1.29, 1.82) is 0 Å². The molecule has 0 aromatic rings. The maximum atomic E-state index is 12.2. The molecule has 0 radical (unpaired) electrons. The molecule has 0 aliphatic carbocycles. The van der Waals surface area contributed by atoms with Gasteiger partial charge in [0.05, 0.1) is 5.41 Å². The molecule has 1 unspecified atom stereocenters. The molecular weight excluding hydrogens is 188 g/mol. The second-order valence-electron chi connectivity index (χ2n) is 5.25. The van der Waals surface area contributed by atoms with Crippen LogP contribution < -0.4 is 10.6 Å². The first-order chi connectivity index (χ1) is 6.96. The highest BCUT2D eigenvalue weighted by Gasteiger charge is 2.40. The summed E-state index contributed by atoms with van der Waals surface area (Å²) in [6.07, 6.45) is 2.85. The van der Waals surface area contributed by atoms with E-state index in [9.17, 15) is 4.79 Å². The van der Waals surface area contributed by atoms with Crippen LogP contribution in [0.4, 0.5) is 0 Å². The van der Waals surface area contributed by atoms with Crippen molar-refractivity contribution in [2.75, 3.05) is 13.1 Å². The summed E-state index contributed by atoms with van der Waals surface area (Å²) in [7, 11) is 0. The van der Waals surface area contributed by atoms with Gasteiger partial charge in [0, 0.05) is 12.1 Å². The van der Waals surface area contributed by atoms with Crippen LogP contribution in [0, 0.1) is 5.41 Å². The minimum absolute atomic E-state index is 0.0815. The van der Waals surface area contributed by atoms with E-state index in [1.165, 1.54) is 0 Å². The highest BCUT2D eigenvalue weighted by molar-refractivity contribution is 5.83. The third kappa shape index (κ3) is 2.71. The molecule has 1 atom stereocenters. The Morgan fingerprint density at radius 2 is 2.13 bits per heavy atom. The fraction of sp³-hybridized carbons (Fsp3) is 0.917. The Morgan fingerprint density at radius 3 is 2.53 bits per heavy atom. The summed E-state index contributed by atoms with van der Waals surface area (Å²) >= 11 is 0. The van der Waals surface area contributed by atoms with E-state index in [-0.39, 0.29) is 16.9 Å². The topological polar surface area (TPSA) is 41.1 Å². The summed E-state index contributed by atoms with van der Waals surface area (Å²) in [4.78, 5) is 12.2. The number of hydrogen-bond acceptors (Lipinski definition) is 2. The van der Waals surface area contributed by atoms with Crippen LogP contribution in [-0.2, 0) is 4.79 Å². The number of carbonyl (C=O) groups is 1. The van der Waals surface area contributed by atoms with Gasteiger partial charge in [-0.2, -0.15) is 0 Å². The molecule has 0 saturated carbocycles. The first-order valence-corrected chi connectivity index (χ1v) is 5.99. The minimum atomic E-state index is -0.160. The van der Waals surface area contributed by atoms with Gasteiger partial charge in [0.25, 0.3) is 0 Å². The van der Waals surface area contributed by atoms with Crippen LogP contribution in [0.5, 0.6) is 0 Å². The molecule has 1 heterocycles. The lowest BCUT2D eigenvalue weighted by molar-refractivity contribution is -0.132. The third-order valence-electron chi connectivity index (χ3n) is 3.74. The average molecular weight is 212 g/mol. The van der Waals surface area contributed by atoms with Crippen LogP contribution in [0.1, 0.15) is 47.0 Å². The predicted octanol–water partition coefficient (Wildman–Crippen LogP) is 1.68. The van der Waals surface area contributed by atoms with E-state index in [2.05, 4.69) is 38.3 Å². The fourth-order valence-corrected chi connectivity index (χ4v) is 1.93. The summed E-state index contributed by atoms with van der Waals surface area (Å²) < 4.78 is 0. The Morgan fingerprint density at radius 1 is 1.47 bits per heavy atom. The molecule has 88 valence electrons. The van der Waals surface area contributed by atoms with Crippen LogP contribution in [0.3, 0.4) is 0 Å². The number of hydrogen-bond donors (Lipinski definition) is 2. The number of carbonyl (C=O) groups excluding carboxylic acids is 1. The lowest BCUT2D eigenvalue weighted by Gasteiger charge is -2.32. The van der Waals surface area contributed by atoms with Crippen molar-refractivity contribution < 1.29 is 4.79 Å². The zero-order chi connectivity index (χ0) is 11.5. The maximum absolute atomic E-state index is 12.2. The first kappa shape index (κ1) is 12.5. The Kier molecular flexibility index (Phi) is 3.77. The van der Waals surface area contributed by atoms with Crippen molar-refractivity contribution in [1.82, 2.24) is 10.6 Å². The van der Waals surface area contributed by atoms with Gasteiger partial charge < -0.3 is 10.6 Å². The van der Waals surface area contributed by atoms with Gasteiger partial charge in [-0.15, -0.1) is 0 Å². The largest absolute Gasteiger partial charge is 0.351 e. The zero-order valence-corrected chi connectivity index (χ0v) is 10.4. The minimum Gasteiger partial charge on any atom is -0.351 e. The molecule has 1 saturated heterocycles. The maximum Gasteiger partial charge on any atom is 0.227 e. The summed E-state index contributed by atoms with van der Waals surface area (Å²) in [5, 5.41) is 6.45. The van der Waals surface area contributed by atoms with Gasteiger partial charge in [-0.25, -0.2) is 0 Å². The van der Waals surface area contributed by atoms with Crippen LogP contribution in [0.15, 0.2) is 0 Å². The van der Waals surface area contributed by atoms with Gasteiger partial charge in [-0.05, 0) is 39.7 Å². The Hall–Kier alpha value is -0.570. The summed E-state index contributed by atoms with van der Waals surface area (Å²) in [5.74, 6) is 0.224. The van der Waals surface area contributed by atoms with E-state index < -0.39 is 0 Å². The molecule has 1 aliphatic heterocycles. The molecule has 3 nitrogen and oxygen atoms in total. The van der Waals surface area contributed by atoms with Crippen molar-refractivity contribution in [2.45, 2.75) is 52.5 Å². The fourth-order valence-electron chi connectivity index (χ4n) is 1.93. The molecule has 1 fully saturated rings. The smallest absolute Gasteiger partial charge is 0.227 e. The van der Waals surface area contributed by atoms with Crippen LogP contribution >= 0.6 is 0 Å². The second-order valence-corrected chi connectivity index (χ2v) is 5.25. The Labute approximate surface area is 93.0 Å². The van der Waals surface area contributed by atoms with Gasteiger partial charge in [-0.1, -0.05) is 13.8 Å². The van der Waals surface area contributed by atoms with E-state index in [4.69, 9.17) is 0 Å². The second kappa shape index (κ2) is 4.52. The molecular formula is C12H24N2O. The van der Waals surface area contributed by atoms with Gasteiger partial charge >= 0.3 is 0 Å². The lowest BCUT2D eigenvalue weighted by Crippen LogP contribution is -2.51. The number of rotatable bonds is 4. The molecule has 15 heavy (non-hydrogen) atoms. The van der Waals surface area contributed by atoms with Crippen molar-refractivity contribution in [3.8, 4) is 0 Å². The van der Waals surface area contributed by atoms with Crippen molar-refractivity contribution in [3.05, 3.63) is 0 Å². The molecule has 0 aromatic carbocycles. The van der Waals surface area contributed by atoms with Crippen LogP contribution in [0.2, 0.25) is 0 Å². The van der Waals surface area contributed by atoms with Gasteiger partial charge in [0.2, 0.25) is 5.91 Å².